The minimum atomic E-state index is -3.75. The molecule has 35 heavy (non-hydrogen) atoms. The van der Waals surface area contributed by atoms with Crippen LogP contribution < -0.4 is 15.4 Å². The first-order valence-electron chi connectivity index (χ1n) is 11.7. The standard InChI is InChI=1S/C27H29N3O4S/c1-16-4-7-21(14-17(16)2)30-35(32,33)22-10-11-25-24(15-22)27-23(12-13-34-27)26(29-25)19-5-8-20(9-6-19)28-18(3)31/h4-11,14-15,23,26-27,29-30H,12-13H2,1-3H3,(H,28,31)/t23-,26?,27?/m0/s1. The maximum atomic E-state index is 13.2. The molecular formula is C27H29N3O4S. The number of aryl methyl sites for hydroxylation is 2. The van der Waals surface area contributed by atoms with E-state index in [1.54, 1.807) is 18.2 Å². The topological polar surface area (TPSA) is 96.5 Å². The molecule has 1 fully saturated rings. The van der Waals surface area contributed by atoms with Crippen LogP contribution in [0.1, 0.15) is 47.7 Å². The van der Waals surface area contributed by atoms with Crippen LogP contribution in [0, 0.1) is 19.8 Å². The zero-order valence-electron chi connectivity index (χ0n) is 20.0. The molecule has 7 nitrogen and oxygen atoms in total. The number of carbonyl (C=O) groups excluding carboxylic acids is 1. The molecule has 3 N–H and O–H groups in total. The molecule has 2 unspecified atom stereocenters. The Morgan fingerprint density at radius 2 is 1.71 bits per heavy atom. The maximum Gasteiger partial charge on any atom is 0.261 e. The third-order valence-corrected chi connectivity index (χ3v) is 8.24. The summed E-state index contributed by atoms with van der Waals surface area (Å²) in [5, 5.41) is 6.40. The van der Waals surface area contributed by atoms with Crippen LogP contribution >= 0.6 is 0 Å². The molecule has 8 heteroatoms. The van der Waals surface area contributed by atoms with Crippen molar-refractivity contribution in [3.8, 4) is 0 Å². The number of nitrogens with one attached hydrogen (secondary N) is 3. The van der Waals surface area contributed by atoms with E-state index >= 15 is 0 Å². The van der Waals surface area contributed by atoms with Crippen molar-refractivity contribution in [2.75, 3.05) is 22.0 Å². The van der Waals surface area contributed by atoms with Gasteiger partial charge in [-0.2, -0.15) is 0 Å². The predicted molar refractivity (Wildman–Crippen MR) is 137 cm³/mol. The van der Waals surface area contributed by atoms with E-state index in [4.69, 9.17) is 4.74 Å². The fraction of sp³-hybridized carbons (Fsp3) is 0.296. The predicted octanol–water partition coefficient (Wildman–Crippen LogP) is 5.31. The van der Waals surface area contributed by atoms with Crippen LogP contribution in [0.25, 0.3) is 0 Å². The van der Waals surface area contributed by atoms with E-state index in [0.29, 0.717) is 12.3 Å². The summed E-state index contributed by atoms with van der Waals surface area (Å²) in [5.41, 5.74) is 6.26. The van der Waals surface area contributed by atoms with E-state index in [9.17, 15) is 13.2 Å². The van der Waals surface area contributed by atoms with Crippen molar-refractivity contribution in [3.05, 3.63) is 82.9 Å². The van der Waals surface area contributed by atoms with E-state index in [1.165, 1.54) is 6.92 Å². The van der Waals surface area contributed by atoms with Crippen LogP contribution in [0.15, 0.2) is 65.6 Å². The van der Waals surface area contributed by atoms with E-state index in [1.807, 2.05) is 56.3 Å². The molecule has 0 radical (unpaired) electrons. The molecule has 0 bridgehead atoms. The van der Waals surface area contributed by atoms with Crippen molar-refractivity contribution in [3.63, 3.8) is 0 Å². The van der Waals surface area contributed by atoms with Crippen LogP contribution in [0.4, 0.5) is 17.1 Å². The second kappa shape index (κ2) is 9.02. The van der Waals surface area contributed by atoms with E-state index in [0.717, 1.165) is 40.0 Å². The monoisotopic (exact) mass is 491 g/mol. The van der Waals surface area contributed by atoms with Crippen molar-refractivity contribution >= 4 is 33.0 Å². The Morgan fingerprint density at radius 1 is 0.971 bits per heavy atom. The zero-order chi connectivity index (χ0) is 24.7. The summed E-state index contributed by atoms with van der Waals surface area (Å²) in [4.78, 5) is 11.5. The molecule has 0 aliphatic carbocycles. The molecule has 1 amide bonds. The summed E-state index contributed by atoms with van der Waals surface area (Å²) in [6.45, 7) is 6.06. The Morgan fingerprint density at radius 3 is 2.43 bits per heavy atom. The number of hydrogen-bond donors (Lipinski definition) is 3. The first-order valence-corrected chi connectivity index (χ1v) is 13.2. The molecule has 0 aromatic heterocycles. The number of amides is 1. The van der Waals surface area contributed by atoms with Gasteiger partial charge in [0.05, 0.1) is 17.0 Å². The minimum Gasteiger partial charge on any atom is -0.378 e. The third-order valence-electron chi connectivity index (χ3n) is 6.87. The highest BCUT2D eigenvalue weighted by Gasteiger charge is 2.42. The highest BCUT2D eigenvalue weighted by molar-refractivity contribution is 7.92. The summed E-state index contributed by atoms with van der Waals surface area (Å²) in [6, 6.07) is 18.5. The van der Waals surface area contributed by atoms with Crippen LogP contribution in [0.5, 0.6) is 0 Å². The van der Waals surface area contributed by atoms with Crippen molar-refractivity contribution < 1.29 is 17.9 Å². The molecule has 3 aromatic carbocycles. The van der Waals surface area contributed by atoms with E-state index in [-0.39, 0.29) is 28.9 Å². The van der Waals surface area contributed by atoms with Gasteiger partial charge in [0.25, 0.3) is 10.0 Å². The maximum absolute atomic E-state index is 13.2. The SMILES string of the molecule is CC(=O)Nc1ccc(C2Nc3ccc(S(=O)(=O)Nc4ccc(C)c(C)c4)cc3C3OCC[C@@H]23)cc1. The Kier molecular flexibility index (Phi) is 6.02. The van der Waals surface area contributed by atoms with E-state index < -0.39 is 10.0 Å². The lowest BCUT2D eigenvalue weighted by molar-refractivity contribution is -0.114. The number of ether oxygens (including phenoxy) is 1. The lowest BCUT2D eigenvalue weighted by Gasteiger charge is -2.36. The molecule has 182 valence electrons. The molecule has 2 aliphatic heterocycles. The van der Waals surface area contributed by atoms with Crippen LogP contribution in [-0.4, -0.2) is 20.9 Å². The number of fused-ring (bicyclic) bond motifs is 3. The number of benzene rings is 3. The average molecular weight is 492 g/mol. The molecule has 2 aliphatic rings. The Hall–Kier alpha value is -3.36. The number of rotatable bonds is 5. The highest BCUT2D eigenvalue weighted by atomic mass is 32.2. The first-order chi connectivity index (χ1) is 16.7. The van der Waals surface area contributed by atoms with E-state index in [2.05, 4.69) is 15.4 Å². The summed E-state index contributed by atoms with van der Waals surface area (Å²) >= 11 is 0. The Labute approximate surface area is 206 Å². The molecule has 5 rings (SSSR count). The van der Waals surface area contributed by atoms with Gasteiger partial charge in [0.2, 0.25) is 5.91 Å². The van der Waals surface area contributed by atoms with Gasteiger partial charge in [0.1, 0.15) is 0 Å². The highest BCUT2D eigenvalue weighted by Crippen LogP contribution is 2.50. The molecular weight excluding hydrogens is 462 g/mol. The Bertz CT molecular complexity index is 1390. The molecule has 0 saturated carbocycles. The fourth-order valence-corrected chi connectivity index (χ4v) is 6.03. The number of carbonyl (C=O) groups is 1. The van der Waals surface area contributed by atoms with Crippen molar-refractivity contribution in [2.24, 2.45) is 5.92 Å². The van der Waals surface area contributed by atoms with Gasteiger partial charge in [-0.3, -0.25) is 9.52 Å². The molecule has 3 atom stereocenters. The number of anilines is 3. The normalized spacial score (nSPS) is 20.9. The zero-order valence-corrected chi connectivity index (χ0v) is 20.8. The number of hydrogen-bond acceptors (Lipinski definition) is 5. The summed E-state index contributed by atoms with van der Waals surface area (Å²) < 4.78 is 35.2. The quantitative estimate of drug-likeness (QED) is 0.450. The molecule has 2 heterocycles. The lowest BCUT2D eigenvalue weighted by atomic mass is 9.81. The molecule has 0 spiro atoms. The lowest BCUT2D eigenvalue weighted by Crippen LogP contribution is -2.29. The Balaban J connectivity index is 1.43. The second-order valence-electron chi connectivity index (χ2n) is 9.32. The largest absolute Gasteiger partial charge is 0.378 e. The van der Waals surface area contributed by atoms with Crippen molar-refractivity contribution in [2.45, 2.75) is 44.2 Å². The van der Waals surface area contributed by atoms with Gasteiger partial charge < -0.3 is 15.4 Å². The number of sulfonamides is 1. The van der Waals surface area contributed by atoms with Gasteiger partial charge in [-0.05, 0) is 79.4 Å². The third kappa shape index (κ3) is 4.63. The van der Waals surface area contributed by atoms with Crippen molar-refractivity contribution in [1.82, 2.24) is 0 Å². The van der Waals surface area contributed by atoms with Crippen LogP contribution in [0.2, 0.25) is 0 Å². The van der Waals surface area contributed by atoms with Gasteiger partial charge >= 0.3 is 0 Å². The minimum absolute atomic E-state index is 0.0255. The average Bonchev–Trinajstić information content (AvgIpc) is 3.31. The molecule has 3 aromatic rings. The summed E-state index contributed by atoms with van der Waals surface area (Å²) in [5.74, 6) is 0.0595. The second-order valence-corrected chi connectivity index (χ2v) is 11.0. The van der Waals surface area contributed by atoms with Gasteiger partial charge in [0.15, 0.2) is 0 Å². The summed E-state index contributed by atoms with van der Waals surface area (Å²) in [6.07, 6.45) is 0.677. The smallest absolute Gasteiger partial charge is 0.261 e. The van der Waals surface area contributed by atoms with Gasteiger partial charge in [-0.25, -0.2) is 8.42 Å². The van der Waals surface area contributed by atoms with Gasteiger partial charge in [-0.1, -0.05) is 18.2 Å². The van der Waals surface area contributed by atoms with Crippen molar-refractivity contribution in [1.29, 1.82) is 0 Å². The van der Waals surface area contributed by atoms with Crippen LogP contribution in [-0.2, 0) is 19.6 Å². The van der Waals surface area contributed by atoms with Crippen LogP contribution in [0.3, 0.4) is 0 Å². The first kappa shape index (κ1) is 23.4. The summed E-state index contributed by atoms with van der Waals surface area (Å²) in [7, 11) is -3.75. The van der Waals surface area contributed by atoms with Gasteiger partial charge in [-0.15, -0.1) is 0 Å². The van der Waals surface area contributed by atoms with Gasteiger partial charge in [0, 0.05) is 42.1 Å². The fourth-order valence-electron chi connectivity index (χ4n) is 4.94. The molecule has 1 saturated heterocycles.